The highest BCUT2D eigenvalue weighted by molar-refractivity contribution is 5.85. The topological polar surface area (TPSA) is 46.3 Å². The lowest BCUT2D eigenvalue weighted by atomic mass is 9.98. The largest absolute Gasteiger partial charge is 0.339 e. The van der Waals surface area contributed by atoms with E-state index in [2.05, 4.69) is 18.7 Å². The van der Waals surface area contributed by atoms with Gasteiger partial charge in [-0.15, -0.1) is 0 Å². The molecule has 3 heteroatoms. The monoisotopic (exact) mass is 224 g/mol. The first-order chi connectivity index (χ1) is 7.63. The third-order valence-corrected chi connectivity index (χ3v) is 4.29. The Morgan fingerprint density at radius 1 is 1.50 bits per heavy atom. The SMILES string of the molecule is CCCC1(C(=O)N2CC(CN)CC2C)CC1. The Kier molecular flexibility index (Phi) is 3.24. The van der Waals surface area contributed by atoms with E-state index in [-0.39, 0.29) is 5.41 Å². The highest BCUT2D eigenvalue weighted by atomic mass is 16.2. The fourth-order valence-corrected chi connectivity index (χ4v) is 3.10. The molecule has 2 atom stereocenters. The molecule has 0 radical (unpaired) electrons. The van der Waals surface area contributed by atoms with Crippen molar-refractivity contribution in [2.24, 2.45) is 17.1 Å². The van der Waals surface area contributed by atoms with Crippen LogP contribution in [0, 0.1) is 11.3 Å². The third-order valence-electron chi connectivity index (χ3n) is 4.29. The van der Waals surface area contributed by atoms with Gasteiger partial charge >= 0.3 is 0 Å². The Morgan fingerprint density at radius 3 is 2.62 bits per heavy atom. The van der Waals surface area contributed by atoms with Crippen LogP contribution in [-0.2, 0) is 4.79 Å². The molecule has 1 saturated carbocycles. The highest BCUT2D eigenvalue weighted by Gasteiger charge is 2.52. The first-order valence-corrected chi connectivity index (χ1v) is 6.64. The number of carbonyl (C=O) groups is 1. The predicted octanol–water partition coefficient (Wildman–Crippen LogP) is 1.76. The lowest BCUT2D eigenvalue weighted by Crippen LogP contribution is -2.39. The van der Waals surface area contributed by atoms with Crippen molar-refractivity contribution in [3.8, 4) is 0 Å². The lowest BCUT2D eigenvalue weighted by molar-refractivity contribution is -0.138. The van der Waals surface area contributed by atoms with Gasteiger partial charge in [0.1, 0.15) is 0 Å². The molecule has 2 N–H and O–H groups in total. The molecule has 0 aromatic carbocycles. The molecule has 0 spiro atoms. The van der Waals surface area contributed by atoms with Gasteiger partial charge in [0.2, 0.25) is 5.91 Å². The number of nitrogens with zero attached hydrogens (tertiary/aromatic N) is 1. The first-order valence-electron chi connectivity index (χ1n) is 6.64. The average Bonchev–Trinajstić information content (AvgIpc) is 2.95. The van der Waals surface area contributed by atoms with E-state index < -0.39 is 0 Å². The van der Waals surface area contributed by atoms with Crippen molar-refractivity contribution >= 4 is 5.91 Å². The molecule has 1 aliphatic heterocycles. The van der Waals surface area contributed by atoms with Crippen LogP contribution in [0.25, 0.3) is 0 Å². The highest BCUT2D eigenvalue weighted by Crippen LogP contribution is 2.51. The minimum Gasteiger partial charge on any atom is -0.339 e. The maximum atomic E-state index is 12.5. The zero-order valence-corrected chi connectivity index (χ0v) is 10.5. The second-order valence-corrected chi connectivity index (χ2v) is 5.67. The number of nitrogens with two attached hydrogens (primary N) is 1. The van der Waals surface area contributed by atoms with Gasteiger partial charge in [-0.25, -0.2) is 0 Å². The zero-order valence-electron chi connectivity index (χ0n) is 10.5. The number of carbonyl (C=O) groups excluding carboxylic acids is 1. The van der Waals surface area contributed by atoms with Crippen molar-refractivity contribution in [3.05, 3.63) is 0 Å². The van der Waals surface area contributed by atoms with E-state index in [1.54, 1.807) is 0 Å². The van der Waals surface area contributed by atoms with Gasteiger partial charge in [-0.1, -0.05) is 13.3 Å². The molecule has 2 unspecified atom stereocenters. The van der Waals surface area contributed by atoms with Crippen molar-refractivity contribution in [1.82, 2.24) is 4.90 Å². The second-order valence-electron chi connectivity index (χ2n) is 5.67. The smallest absolute Gasteiger partial charge is 0.229 e. The molecule has 1 amide bonds. The molecule has 3 nitrogen and oxygen atoms in total. The molecular weight excluding hydrogens is 200 g/mol. The van der Waals surface area contributed by atoms with E-state index >= 15 is 0 Å². The molecule has 92 valence electrons. The van der Waals surface area contributed by atoms with Crippen molar-refractivity contribution in [1.29, 1.82) is 0 Å². The van der Waals surface area contributed by atoms with Gasteiger partial charge < -0.3 is 10.6 Å². The molecule has 1 saturated heterocycles. The summed E-state index contributed by atoms with van der Waals surface area (Å²) in [5.41, 5.74) is 5.74. The van der Waals surface area contributed by atoms with Crippen LogP contribution in [0.5, 0.6) is 0 Å². The van der Waals surface area contributed by atoms with E-state index in [1.807, 2.05) is 0 Å². The Bertz CT molecular complexity index is 273. The molecule has 1 aliphatic carbocycles. The fraction of sp³-hybridized carbons (Fsp3) is 0.923. The van der Waals surface area contributed by atoms with E-state index in [9.17, 15) is 4.79 Å². The Hall–Kier alpha value is -0.570. The molecular formula is C13H24N2O. The van der Waals surface area contributed by atoms with Crippen LogP contribution >= 0.6 is 0 Å². The van der Waals surface area contributed by atoms with Gasteiger partial charge in [-0.2, -0.15) is 0 Å². The van der Waals surface area contributed by atoms with Crippen molar-refractivity contribution in [3.63, 3.8) is 0 Å². The Balaban J connectivity index is 2.00. The standard InChI is InChI=1S/C13H24N2O/c1-3-4-13(5-6-13)12(16)15-9-11(8-14)7-10(15)2/h10-11H,3-9,14H2,1-2H3. The molecule has 0 bridgehead atoms. The van der Waals surface area contributed by atoms with Crippen LogP contribution in [-0.4, -0.2) is 29.9 Å². The molecule has 1 heterocycles. The molecule has 2 aliphatic rings. The summed E-state index contributed by atoms with van der Waals surface area (Å²) in [6, 6.07) is 0.399. The minimum absolute atomic E-state index is 0.0342. The number of likely N-dealkylation sites (tertiary alicyclic amines) is 1. The summed E-state index contributed by atoms with van der Waals surface area (Å²) in [5, 5.41) is 0. The molecule has 0 aromatic heterocycles. The van der Waals surface area contributed by atoms with Crippen LogP contribution in [0.2, 0.25) is 0 Å². The zero-order chi connectivity index (χ0) is 11.8. The van der Waals surface area contributed by atoms with Gasteiger partial charge in [0.05, 0.1) is 0 Å². The summed E-state index contributed by atoms with van der Waals surface area (Å²) in [4.78, 5) is 14.6. The first kappa shape index (κ1) is 11.9. The van der Waals surface area contributed by atoms with Gasteiger partial charge in [0.25, 0.3) is 0 Å². The Morgan fingerprint density at radius 2 is 2.19 bits per heavy atom. The van der Waals surface area contributed by atoms with E-state index in [1.165, 1.54) is 0 Å². The lowest BCUT2D eigenvalue weighted by Gasteiger charge is -2.26. The van der Waals surface area contributed by atoms with Gasteiger partial charge in [-0.05, 0) is 45.1 Å². The molecule has 0 aromatic rings. The molecule has 2 rings (SSSR count). The van der Waals surface area contributed by atoms with Crippen molar-refractivity contribution in [2.75, 3.05) is 13.1 Å². The molecule has 16 heavy (non-hydrogen) atoms. The van der Waals surface area contributed by atoms with Crippen LogP contribution < -0.4 is 5.73 Å². The third kappa shape index (κ3) is 1.97. The maximum Gasteiger partial charge on any atom is 0.229 e. The second kappa shape index (κ2) is 4.36. The number of hydrogen-bond donors (Lipinski definition) is 1. The average molecular weight is 224 g/mol. The number of hydrogen-bond acceptors (Lipinski definition) is 2. The number of rotatable bonds is 4. The van der Waals surface area contributed by atoms with Crippen LogP contribution in [0.4, 0.5) is 0 Å². The summed E-state index contributed by atoms with van der Waals surface area (Å²) < 4.78 is 0. The van der Waals surface area contributed by atoms with Crippen LogP contribution in [0.3, 0.4) is 0 Å². The van der Waals surface area contributed by atoms with Crippen molar-refractivity contribution < 1.29 is 4.79 Å². The molecule has 2 fully saturated rings. The van der Waals surface area contributed by atoms with Gasteiger partial charge in [-0.3, -0.25) is 4.79 Å². The summed E-state index contributed by atoms with van der Waals surface area (Å²) in [6.45, 7) is 5.94. The predicted molar refractivity (Wildman–Crippen MR) is 64.9 cm³/mol. The minimum atomic E-state index is 0.0342. The summed E-state index contributed by atoms with van der Waals surface area (Å²) in [5.74, 6) is 0.939. The van der Waals surface area contributed by atoms with E-state index in [0.717, 1.165) is 45.2 Å². The number of amides is 1. The summed E-state index contributed by atoms with van der Waals surface area (Å²) in [7, 11) is 0. The fourth-order valence-electron chi connectivity index (χ4n) is 3.10. The summed E-state index contributed by atoms with van der Waals surface area (Å²) in [6.07, 6.45) is 5.49. The van der Waals surface area contributed by atoms with Gasteiger partial charge in [0, 0.05) is 18.0 Å². The Labute approximate surface area is 98.4 Å². The van der Waals surface area contributed by atoms with E-state index in [0.29, 0.717) is 17.9 Å². The van der Waals surface area contributed by atoms with Crippen molar-refractivity contribution in [2.45, 2.75) is 52.0 Å². The summed E-state index contributed by atoms with van der Waals surface area (Å²) >= 11 is 0. The quantitative estimate of drug-likeness (QED) is 0.791. The normalized spacial score (nSPS) is 31.8. The van der Waals surface area contributed by atoms with Gasteiger partial charge in [0.15, 0.2) is 0 Å². The van der Waals surface area contributed by atoms with E-state index in [4.69, 9.17) is 5.73 Å². The van der Waals surface area contributed by atoms with Crippen LogP contribution in [0.1, 0.15) is 46.0 Å². The van der Waals surface area contributed by atoms with Crippen LogP contribution in [0.15, 0.2) is 0 Å². The maximum absolute atomic E-state index is 12.5.